The van der Waals surface area contributed by atoms with E-state index in [2.05, 4.69) is 25.6 Å². The van der Waals surface area contributed by atoms with E-state index in [1.165, 1.54) is 12.1 Å². The Kier molecular flexibility index (Phi) is 11.8. The van der Waals surface area contributed by atoms with Gasteiger partial charge in [0.05, 0.1) is 23.3 Å². The predicted octanol–water partition coefficient (Wildman–Crippen LogP) is 6.00. The normalized spacial score (nSPS) is 19.4. The molecule has 0 aliphatic carbocycles. The van der Waals surface area contributed by atoms with Gasteiger partial charge in [-0.2, -0.15) is 5.10 Å². The molecule has 4 aliphatic heterocycles. The van der Waals surface area contributed by atoms with Crippen LogP contribution in [0.4, 0.5) is 15.9 Å². The summed E-state index contributed by atoms with van der Waals surface area (Å²) < 4.78 is 22.2. The van der Waals surface area contributed by atoms with Crippen molar-refractivity contribution in [3.8, 4) is 16.9 Å². The summed E-state index contributed by atoms with van der Waals surface area (Å²) in [6.07, 6.45) is 9.51. The Morgan fingerprint density at radius 1 is 1.07 bits per heavy atom. The van der Waals surface area contributed by atoms with Crippen LogP contribution in [0.3, 0.4) is 0 Å². The minimum atomic E-state index is -0.683. The first-order valence-corrected chi connectivity index (χ1v) is 20.8. The predicted molar refractivity (Wildman–Crippen MR) is 220 cm³/mol. The van der Waals surface area contributed by atoms with Gasteiger partial charge in [0.1, 0.15) is 18.0 Å². The monoisotopic (exact) mass is 845 g/mol. The molecule has 2 atom stereocenters. The Labute approximate surface area is 351 Å². The molecule has 4 aliphatic rings. The minimum absolute atomic E-state index is 0.0779. The Hall–Kier alpha value is -5.25. The van der Waals surface area contributed by atoms with Crippen LogP contribution < -0.4 is 21.1 Å². The lowest BCUT2D eigenvalue weighted by Gasteiger charge is -2.40. The van der Waals surface area contributed by atoms with Crippen LogP contribution >= 0.6 is 23.2 Å². The highest BCUT2D eigenvalue weighted by Gasteiger charge is 2.40. The molecule has 3 saturated heterocycles. The average Bonchev–Trinajstić information content (AvgIpc) is 3.83. The summed E-state index contributed by atoms with van der Waals surface area (Å²) >= 11 is 12.5. The van der Waals surface area contributed by atoms with Gasteiger partial charge in [-0.05, 0) is 75.9 Å². The number of imide groups is 1. The van der Waals surface area contributed by atoms with Crippen molar-refractivity contribution in [3.63, 3.8) is 0 Å². The number of rotatable bonds is 13. The first kappa shape index (κ1) is 40.5. The molecule has 0 saturated carbocycles. The molecule has 4 aromatic rings. The number of nitrogens with zero attached hydrogens (tertiary/aromatic N) is 6. The van der Waals surface area contributed by atoms with Crippen LogP contribution in [0.5, 0.6) is 5.75 Å². The van der Waals surface area contributed by atoms with E-state index in [-0.39, 0.29) is 47.1 Å². The van der Waals surface area contributed by atoms with Crippen LogP contribution in [0.25, 0.3) is 11.1 Å². The molecule has 2 aromatic heterocycles. The Bertz CT molecular complexity index is 2280. The van der Waals surface area contributed by atoms with Crippen LogP contribution in [0.2, 0.25) is 10.0 Å². The number of unbranched alkanes of at least 4 members (excludes halogenated alkanes) is 1. The van der Waals surface area contributed by atoms with E-state index in [0.717, 1.165) is 67.7 Å². The number of carbonyl (C=O) groups excluding carboxylic acids is 4. The third kappa shape index (κ3) is 8.59. The quantitative estimate of drug-likeness (QED) is 0.0825. The van der Waals surface area contributed by atoms with Crippen molar-refractivity contribution in [1.82, 2.24) is 34.8 Å². The van der Waals surface area contributed by atoms with E-state index in [1.807, 2.05) is 27.9 Å². The number of hydrogen-bond donors (Lipinski definition) is 3. The van der Waals surface area contributed by atoms with Crippen molar-refractivity contribution in [2.24, 2.45) is 0 Å². The largest absolute Gasteiger partial charge is 0.482 e. The lowest BCUT2D eigenvalue weighted by Crippen LogP contribution is -2.57. The number of benzene rings is 2. The van der Waals surface area contributed by atoms with Gasteiger partial charge in [-0.15, -0.1) is 0 Å². The average molecular weight is 847 g/mol. The van der Waals surface area contributed by atoms with E-state index < -0.39 is 23.9 Å². The number of nitrogens with one attached hydrogen (secondary N) is 2. The van der Waals surface area contributed by atoms with Crippen molar-refractivity contribution in [2.75, 3.05) is 43.8 Å². The fourth-order valence-electron chi connectivity index (χ4n) is 8.45. The summed E-state index contributed by atoms with van der Waals surface area (Å²) in [4.78, 5) is 60.4. The number of pyridine rings is 1. The van der Waals surface area contributed by atoms with E-state index in [9.17, 15) is 23.6 Å². The summed E-state index contributed by atoms with van der Waals surface area (Å²) in [5, 5.41) is 10.7. The van der Waals surface area contributed by atoms with Gasteiger partial charge in [-0.1, -0.05) is 29.3 Å². The second-order valence-corrected chi connectivity index (χ2v) is 16.5. The number of anilines is 2. The number of carbonyl (C=O) groups is 4. The summed E-state index contributed by atoms with van der Waals surface area (Å²) in [6, 6.07) is 9.63. The van der Waals surface area contributed by atoms with Crippen molar-refractivity contribution in [3.05, 3.63) is 87.5 Å². The number of fused-ring (bicyclic) bond motifs is 1. The lowest BCUT2D eigenvalue weighted by molar-refractivity contribution is -0.137. The zero-order valence-corrected chi connectivity index (χ0v) is 34.1. The summed E-state index contributed by atoms with van der Waals surface area (Å²) in [7, 11) is 0. The van der Waals surface area contributed by atoms with Crippen LogP contribution in [0.1, 0.15) is 85.5 Å². The maximum atomic E-state index is 14.1. The van der Waals surface area contributed by atoms with Gasteiger partial charge < -0.3 is 30.5 Å². The third-order valence-corrected chi connectivity index (χ3v) is 12.5. The maximum absolute atomic E-state index is 14.1. The molecule has 2 unspecified atom stereocenters. The highest BCUT2D eigenvalue weighted by Crippen LogP contribution is 2.38. The number of ether oxygens (including phenoxy) is 1. The molecule has 8 rings (SSSR count). The number of nitrogens with two attached hydrogens (primary N) is 1. The third-order valence-electron chi connectivity index (χ3n) is 11.8. The first-order valence-electron chi connectivity index (χ1n) is 20.1. The summed E-state index contributed by atoms with van der Waals surface area (Å²) in [6.45, 7) is 6.04. The molecule has 2 aromatic carbocycles. The molecule has 3 fully saturated rings. The second-order valence-electron chi connectivity index (χ2n) is 15.7. The Morgan fingerprint density at radius 3 is 2.64 bits per heavy atom. The zero-order valence-electron chi connectivity index (χ0n) is 32.6. The number of hydrogen-bond acceptors (Lipinski definition) is 10. The molecule has 0 bridgehead atoms. The number of piperidine rings is 2. The number of amides is 4. The van der Waals surface area contributed by atoms with Crippen LogP contribution in [0.15, 0.2) is 55.0 Å². The standard InChI is InChI=1S/C42H46Cl2FN9O5/c1-24(38-31(43)8-9-32(45)39(38)44)59-35-17-25(18-47-40(35)46)26-19-48-54(20-26)28-12-15-51(16-13-28)14-3-2-7-37(56)52-21-27(22-52)49-33-6-4-5-29-30(33)23-53(42(29)58)34-10-11-36(55)50-41(34)57/h4-6,8-9,17-20,24,27-28,34,49H,2-3,7,10-16,21-23H2,1H3,(H2,46,47)(H,50,55,57). The van der Waals surface area contributed by atoms with E-state index in [1.54, 1.807) is 36.4 Å². The van der Waals surface area contributed by atoms with E-state index >= 15 is 0 Å². The molecule has 310 valence electrons. The highest BCUT2D eigenvalue weighted by atomic mass is 35.5. The summed E-state index contributed by atoms with van der Waals surface area (Å²) in [5.41, 5.74) is 10.4. The Balaban J connectivity index is 0.749. The lowest BCUT2D eigenvalue weighted by atomic mass is 10.0. The SMILES string of the molecule is CC(Oc1cc(-c2cnn(C3CCN(CCCCC(=O)N4CC(Nc5cccc6c5CN(C5CCC(=O)NC5=O)C6=O)C4)CC3)c2)cnc1N)c1c(Cl)ccc(F)c1Cl. The van der Waals surface area contributed by atoms with E-state index in [0.29, 0.717) is 54.4 Å². The smallest absolute Gasteiger partial charge is 0.255 e. The number of likely N-dealkylation sites (tertiary alicyclic amines) is 2. The van der Waals surface area contributed by atoms with Gasteiger partial charge in [-0.3, -0.25) is 29.2 Å². The molecule has 0 radical (unpaired) electrons. The minimum Gasteiger partial charge on any atom is -0.482 e. The number of halogens is 3. The topological polar surface area (TPSA) is 168 Å². The first-order chi connectivity index (χ1) is 28.4. The van der Waals surface area contributed by atoms with E-state index in [4.69, 9.17) is 33.7 Å². The van der Waals surface area contributed by atoms with Crippen LogP contribution in [-0.4, -0.2) is 97.9 Å². The maximum Gasteiger partial charge on any atom is 0.255 e. The van der Waals surface area contributed by atoms with Crippen molar-refractivity contribution >= 4 is 58.3 Å². The van der Waals surface area contributed by atoms with Crippen LogP contribution in [0, 0.1) is 5.82 Å². The number of aromatic nitrogens is 3. The molecule has 4 N–H and O–H groups in total. The van der Waals surface area contributed by atoms with Gasteiger partial charge in [0.25, 0.3) is 5.91 Å². The fourth-order valence-corrected chi connectivity index (χ4v) is 9.13. The van der Waals surface area contributed by atoms with Gasteiger partial charge in [0.15, 0.2) is 11.6 Å². The number of nitrogen functional groups attached to an aromatic ring is 1. The van der Waals surface area contributed by atoms with Crippen molar-refractivity contribution in [1.29, 1.82) is 0 Å². The van der Waals surface area contributed by atoms with Crippen LogP contribution in [-0.2, 0) is 20.9 Å². The Morgan fingerprint density at radius 2 is 1.86 bits per heavy atom. The summed E-state index contributed by atoms with van der Waals surface area (Å²) in [5.74, 6) is -0.865. The molecular weight excluding hydrogens is 800 g/mol. The van der Waals surface area contributed by atoms with Gasteiger partial charge in [0.2, 0.25) is 17.7 Å². The molecule has 0 spiro atoms. The van der Waals surface area contributed by atoms with Gasteiger partial charge in [0, 0.05) is 96.5 Å². The van der Waals surface area contributed by atoms with Gasteiger partial charge >= 0.3 is 0 Å². The molecule has 4 amide bonds. The molecule has 6 heterocycles. The fraction of sp³-hybridized carbons (Fsp3) is 0.429. The van der Waals surface area contributed by atoms with Gasteiger partial charge in [-0.25, -0.2) is 9.37 Å². The molecule has 59 heavy (non-hydrogen) atoms. The molecular formula is C42H46Cl2FN9O5. The molecule has 17 heteroatoms. The highest BCUT2D eigenvalue weighted by molar-refractivity contribution is 6.36. The second kappa shape index (κ2) is 17.2. The van der Waals surface area contributed by atoms with Crippen molar-refractivity contribution < 1.29 is 28.3 Å². The van der Waals surface area contributed by atoms with Crippen molar-refractivity contribution in [2.45, 2.75) is 82.6 Å². The zero-order chi connectivity index (χ0) is 41.4. The molecule has 14 nitrogen and oxygen atoms in total.